The Labute approximate surface area is 119 Å². The Balaban J connectivity index is 1.51. The fourth-order valence-electron chi connectivity index (χ4n) is 2.70. The van der Waals surface area contributed by atoms with E-state index >= 15 is 0 Å². The third-order valence-corrected chi connectivity index (χ3v) is 4.17. The first-order valence-corrected chi connectivity index (χ1v) is 7.56. The number of nitrogens with one attached hydrogen (secondary N) is 2. The van der Waals surface area contributed by atoms with Crippen LogP contribution in [0.15, 0.2) is 24.3 Å². The van der Waals surface area contributed by atoms with E-state index < -0.39 is 0 Å². The summed E-state index contributed by atoms with van der Waals surface area (Å²) in [5.41, 5.74) is 1.95. The number of aliphatic hydroxyl groups excluding tert-OH is 1. The van der Waals surface area contributed by atoms with E-state index in [1.165, 1.54) is 0 Å². The smallest absolute Gasteiger partial charge is 0.227 e. The SMILES string of the molecule is O=C(Nc1ccc(NC2CCC(O)CC2)cc1)C1CC1. The summed E-state index contributed by atoms with van der Waals surface area (Å²) >= 11 is 0. The van der Waals surface area contributed by atoms with Crippen LogP contribution >= 0.6 is 0 Å². The van der Waals surface area contributed by atoms with E-state index in [9.17, 15) is 9.90 Å². The first kappa shape index (κ1) is 13.4. The van der Waals surface area contributed by atoms with E-state index in [-0.39, 0.29) is 17.9 Å². The Hall–Kier alpha value is -1.55. The largest absolute Gasteiger partial charge is 0.393 e. The molecule has 4 heteroatoms. The average Bonchev–Trinajstić information content (AvgIpc) is 3.28. The number of hydrogen-bond acceptors (Lipinski definition) is 3. The van der Waals surface area contributed by atoms with Crippen molar-refractivity contribution < 1.29 is 9.90 Å². The normalized spacial score (nSPS) is 26.1. The van der Waals surface area contributed by atoms with Crippen molar-refractivity contribution in [2.24, 2.45) is 5.92 Å². The summed E-state index contributed by atoms with van der Waals surface area (Å²) in [7, 11) is 0. The molecule has 2 fully saturated rings. The van der Waals surface area contributed by atoms with Crippen molar-refractivity contribution in [1.29, 1.82) is 0 Å². The summed E-state index contributed by atoms with van der Waals surface area (Å²) in [6.45, 7) is 0. The van der Waals surface area contributed by atoms with Crippen LogP contribution in [0.1, 0.15) is 38.5 Å². The molecule has 0 aromatic heterocycles. The van der Waals surface area contributed by atoms with Crippen LogP contribution in [-0.2, 0) is 4.79 Å². The average molecular weight is 274 g/mol. The molecule has 20 heavy (non-hydrogen) atoms. The van der Waals surface area contributed by atoms with E-state index in [0.717, 1.165) is 49.9 Å². The van der Waals surface area contributed by atoms with Gasteiger partial charge in [-0.3, -0.25) is 4.79 Å². The highest BCUT2D eigenvalue weighted by Crippen LogP contribution is 2.30. The second-order valence-corrected chi connectivity index (χ2v) is 5.99. The topological polar surface area (TPSA) is 61.4 Å². The first-order chi connectivity index (χ1) is 9.70. The molecule has 2 saturated carbocycles. The van der Waals surface area contributed by atoms with Crippen molar-refractivity contribution in [2.75, 3.05) is 10.6 Å². The maximum absolute atomic E-state index is 11.7. The van der Waals surface area contributed by atoms with Gasteiger partial charge in [-0.2, -0.15) is 0 Å². The molecule has 0 aliphatic heterocycles. The van der Waals surface area contributed by atoms with Gasteiger partial charge in [0.2, 0.25) is 5.91 Å². The Morgan fingerprint density at radius 1 is 0.950 bits per heavy atom. The first-order valence-electron chi connectivity index (χ1n) is 7.56. The fourth-order valence-corrected chi connectivity index (χ4v) is 2.70. The standard InChI is InChI=1S/C16H22N2O2/c19-15-9-7-13(8-10-15)17-12-3-5-14(6-4-12)18-16(20)11-1-2-11/h3-6,11,13,15,17,19H,1-2,7-10H2,(H,18,20). The monoisotopic (exact) mass is 274 g/mol. The Morgan fingerprint density at radius 2 is 1.55 bits per heavy atom. The zero-order valence-corrected chi connectivity index (χ0v) is 11.6. The lowest BCUT2D eigenvalue weighted by Gasteiger charge is -2.27. The highest BCUT2D eigenvalue weighted by atomic mass is 16.3. The number of rotatable bonds is 4. The van der Waals surface area contributed by atoms with Crippen LogP contribution in [0.2, 0.25) is 0 Å². The lowest BCUT2D eigenvalue weighted by Crippen LogP contribution is -2.28. The second kappa shape index (κ2) is 5.83. The molecule has 1 aromatic rings. The molecule has 3 rings (SSSR count). The van der Waals surface area contributed by atoms with Crippen molar-refractivity contribution in [2.45, 2.75) is 50.7 Å². The van der Waals surface area contributed by atoms with Gasteiger partial charge in [-0.25, -0.2) is 0 Å². The zero-order valence-electron chi connectivity index (χ0n) is 11.6. The third kappa shape index (κ3) is 3.51. The number of amides is 1. The summed E-state index contributed by atoms with van der Waals surface area (Å²) in [6, 6.07) is 8.35. The van der Waals surface area contributed by atoms with E-state index in [2.05, 4.69) is 10.6 Å². The Kier molecular flexibility index (Phi) is 3.92. The number of carbonyl (C=O) groups is 1. The van der Waals surface area contributed by atoms with E-state index in [1.807, 2.05) is 24.3 Å². The van der Waals surface area contributed by atoms with Gasteiger partial charge in [-0.1, -0.05) is 0 Å². The summed E-state index contributed by atoms with van der Waals surface area (Å²) in [4.78, 5) is 11.7. The molecule has 4 nitrogen and oxygen atoms in total. The van der Waals surface area contributed by atoms with E-state index in [4.69, 9.17) is 0 Å². The van der Waals surface area contributed by atoms with Gasteiger partial charge in [-0.15, -0.1) is 0 Å². The summed E-state index contributed by atoms with van der Waals surface area (Å²) < 4.78 is 0. The molecule has 0 radical (unpaired) electrons. The van der Waals surface area contributed by atoms with Crippen LogP contribution in [0.5, 0.6) is 0 Å². The predicted octanol–water partition coefficient (Wildman–Crippen LogP) is 2.75. The Bertz CT molecular complexity index is 460. The fraction of sp³-hybridized carbons (Fsp3) is 0.562. The van der Waals surface area contributed by atoms with Gasteiger partial charge in [0.1, 0.15) is 0 Å². The molecule has 2 aliphatic carbocycles. The molecule has 0 saturated heterocycles. The quantitative estimate of drug-likeness (QED) is 0.791. The van der Waals surface area contributed by atoms with Gasteiger partial charge in [-0.05, 0) is 62.8 Å². The molecule has 108 valence electrons. The number of benzene rings is 1. The van der Waals surface area contributed by atoms with Gasteiger partial charge in [0.15, 0.2) is 0 Å². The van der Waals surface area contributed by atoms with Crippen LogP contribution in [0.3, 0.4) is 0 Å². The van der Waals surface area contributed by atoms with Crippen molar-refractivity contribution in [3.63, 3.8) is 0 Å². The summed E-state index contributed by atoms with van der Waals surface area (Å²) in [5.74, 6) is 0.383. The van der Waals surface area contributed by atoms with Gasteiger partial charge >= 0.3 is 0 Å². The molecule has 2 aliphatic rings. The van der Waals surface area contributed by atoms with Crippen LogP contribution in [0.25, 0.3) is 0 Å². The van der Waals surface area contributed by atoms with Gasteiger partial charge < -0.3 is 15.7 Å². The lowest BCUT2D eigenvalue weighted by atomic mass is 9.93. The minimum Gasteiger partial charge on any atom is -0.393 e. The lowest BCUT2D eigenvalue weighted by molar-refractivity contribution is -0.117. The molecule has 0 atom stereocenters. The number of anilines is 2. The van der Waals surface area contributed by atoms with Crippen LogP contribution < -0.4 is 10.6 Å². The molecule has 3 N–H and O–H groups in total. The van der Waals surface area contributed by atoms with Crippen LogP contribution in [0.4, 0.5) is 11.4 Å². The highest BCUT2D eigenvalue weighted by Gasteiger charge is 2.29. The van der Waals surface area contributed by atoms with Crippen molar-refractivity contribution in [1.82, 2.24) is 0 Å². The highest BCUT2D eigenvalue weighted by molar-refractivity contribution is 5.94. The van der Waals surface area contributed by atoms with E-state index in [1.54, 1.807) is 0 Å². The van der Waals surface area contributed by atoms with Gasteiger partial charge in [0.05, 0.1) is 6.10 Å². The van der Waals surface area contributed by atoms with Crippen molar-refractivity contribution in [3.8, 4) is 0 Å². The predicted molar refractivity (Wildman–Crippen MR) is 79.7 cm³/mol. The third-order valence-electron chi connectivity index (χ3n) is 4.17. The zero-order chi connectivity index (χ0) is 13.9. The van der Waals surface area contributed by atoms with Gasteiger partial charge in [0.25, 0.3) is 0 Å². The molecule has 0 heterocycles. The minimum absolute atomic E-state index is 0.118. The molecule has 0 spiro atoms. The summed E-state index contributed by atoms with van der Waals surface area (Å²) in [6.07, 6.45) is 5.73. The molecular weight excluding hydrogens is 252 g/mol. The number of hydrogen-bond donors (Lipinski definition) is 3. The Morgan fingerprint density at radius 3 is 2.15 bits per heavy atom. The number of carbonyl (C=O) groups excluding carboxylic acids is 1. The molecule has 0 unspecified atom stereocenters. The van der Waals surface area contributed by atoms with Crippen LogP contribution in [-0.4, -0.2) is 23.2 Å². The van der Waals surface area contributed by atoms with Crippen LogP contribution in [0, 0.1) is 5.92 Å². The number of aliphatic hydroxyl groups is 1. The minimum atomic E-state index is -0.118. The maximum atomic E-state index is 11.7. The molecule has 1 aromatic carbocycles. The molecular formula is C16H22N2O2. The second-order valence-electron chi connectivity index (χ2n) is 5.99. The summed E-state index contributed by atoms with van der Waals surface area (Å²) in [5, 5.41) is 15.9. The van der Waals surface area contributed by atoms with Crippen molar-refractivity contribution >= 4 is 17.3 Å². The molecule has 1 amide bonds. The molecule has 0 bridgehead atoms. The van der Waals surface area contributed by atoms with E-state index in [0.29, 0.717) is 6.04 Å². The maximum Gasteiger partial charge on any atom is 0.227 e. The van der Waals surface area contributed by atoms with Crippen molar-refractivity contribution in [3.05, 3.63) is 24.3 Å². The van der Waals surface area contributed by atoms with Gasteiger partial charge in [0, 0.05) is 23.3 Å².